The number of allylic oxidation sites excluding steroid dienone is 5. The zero-order valence-corrected chi connectivity index (χ0v) is 21.4. The molecule has 0 saturated heterocycles. The highest BCUT2D eigenvalue weighted by molar-refractivity contribution is 5.51. The molecule has 2 aliphatic rings. The molecule has 0 heterocycles. The van der Waals surface area contributed by atoms with Crippen molar-refractivity contribution < 1.29 is 18.9 Å². The predicted octanol–water partition coefficient (Wildman–Crippen LogP) is 5.87. The average molecular weight is 475 g/mol. The van der Waals surface area contributed by atoms with Crippen LogP contribution in [0.3, 0.4) is 0 Å². The van der Waals surface area contributed by atoms with E-state index in [0.717, 1.165) is 0 Å². The van der Waals surface area contributed by atoms with Crippen molar-refractivity contribution in [2.75, 3.05) is 54.9 Å². The summed E-state index contributed by atoms with van der Waals surface area (Å²) in [7, 11) is 6.91. The molecule has 0 N–H and O–H groups in total. The highest BCUT2D eigenvalue weighted by Crippen LogP contribution is 2.41. The SMILES string of the molecule is COCC1(COC)C=CC(c2ccccc2)c2ccccc21.COCC1(COC)C=CC=CC=C1. The van der Waals surface area contributed by atoms with Gasteiger partial charge in [-0.2, -0.15) is 0 Å². The summed E-state index contributed by atoms with van der Waals surface area (Å²) in [5.74, 6) is 0.291. The van der Waals surface area contributed by atoms with Crippen molar-refractivity contribution >= 4 is 0 Å². The number of rotatable bonds is 9. The highest BCUT2D eigenvalue weighted by Gasteiger charge is 2.36. The van der Waals surface area contributed by atoms with Gasteiger partial charge in [-0.25, -0.2) is 0 Å². The standard InChI is InChI=1S/C20H22O2.C11H16O2/c1-21-14-20(15-22-2)13-12-17(16-8-4-3-5-9-16)18-10-6-7-11-19(18)20;1-12-9-11(10-13-2)7-5-3-4-6-8-11/h3-13,17H,14-15H2,1-2H3;3-8H,9-10H2,1-2H3. The molecule has 0 aliphatic heterocycles. The molecule has 2 aromatic carbocycles. The summed E-state index contributed by atoms with van der Waals surface area (Å²) >= 11 is 0. The van der Waals surface area contributed by atoms with E-state index in [2.05, 4.69) is 78.9 Å². The van der Waals surface area contributed by atoms with Gasteiger partial charge in [0.1, 0.15) is 0 Å². The number of methoxy groups -OCH3 is 4. The molecule has 0 fully saturated rings. The average Bonchev–Trinajstić information content (AvgIpc) is 3.12. The van der Waals surface area contributed by atoms with Crippen LogP contribution in [0.4, 0.5) is 0 Å². The van der Waals surface area contributed by atoms with Gasteiger partial charge >= 0.3 is 0 Å². The monoisotopic (exact) mass is 474 g/mol. The zero-order valence-electron chi connectivity index (χ0n) is 21.4. The normalized spacial score (nSPS) is 18.9. The van der Waals surface area contributed by atoms with Gasteiger partial charge in [-0.1, -0.05) is 103 Å². The molecule has 0 bridgehead atoms. The topological polar surface area (TPSA) is 36.9 Å². The van der Waals surface area contributed by atoms with E-state index >= 15 is 0 Å². The molecule has 0 radical (unpaired) electrons. The van der Waals surface area contributed by atoms with Gasteiger partial charge in [-0.15, -0.1) is 0 Å². The third kappa shape index (κ3) is 6.68. The third-order valence-corrected chi connectivity index (χ3v) is 6.42. The van der Waals surface area contributed by atoms with Crippen molar-refractivity contribution in [1.29, 1.82) is 0 Å². The Hall–Kier alpha value is -2.76. The maximum Gasteiger partial charge on any atom is 0.0616 e. The van der Waals surface area contributed by atoms with Crippen molar-refractivity contribution in [2.45, 2.75) is 11.3 Å². The van der Waals surface area contributed by atoms with E-state index in [0.29, 0.717) is 32.3 Å². The van der Waals surface area contributed by atoms with Crippen LogP contribution in [-0.4, -0.2) is 54.9 Å². The minimum Gasteiger partial charge on any atom is -0.383 e. The molecule has 4 heteroatoms. The lowest BCUT2D eigenvalue weighted by Crippen LogP contribution is -2.37. The van der Waals surface area contributed by atoms with E-state index < -0.39 is 0 Å². The van der Waals surface area contributed by atoms with E-state index in [-0.39, 0.29) is 10.8 Å². The molecule has 0 aromatic heterocycles. The number of ether oxygens (including phenoxy) is 4. The maximum absolute atomic E-state index is 5.50. The maximum atomic E-state index is 5.50. The molecule has 1 atom stereocenters. The fraction of sp³-hybridized carbons (Fsp3) is 0.355. The second-order valence-corrected chi connectivity index (χ2v) is 9.06. The molecule has 2 aromatic rings. The molecular weight excluding hydrogens is 436 g/mol. The Bertz CT molecular complexity index is 989. The minimum atomic E-state index is -0.203. The highest BCUT2D eigenvalue weighted by atomic mass is 16.5. The number of benzene rings is 2. The quantitative estimate of drug-likeness (QED) is 0.426. The molecule has 4 rings (SSSR count). The molecule has 1 unspecified atom stereocenters. The number of hydrogen-bond donors (Lipinski definition) is 0. The summed E-state index contributed by atoms with van der Waals surface area (Å²) in [6.45, 7) is 2.54. The second kappa shape index (κ2) is 13.4. The Kier molecular flexibility index (Phi) is 10.2. The fourth-order valence-corrected chi connectivity index (χ4v) is 4.90. The van der Waals surface area contributed by atoms with Crippen LogP contribution in [0.2, 0.25) is 0 Å². The van der Waals surface area contributed by atoms with Crippen molar-refractivity contribution in [3.05, 3.63) is 120 Å². The van der Waals surface area contributed by atoms with E-state index in [4.69, 9.17) is 18.9 Å². The van der Waals surface area contributed by atoms with Crippen LogP contribution in [0, 0.1) is 5.41 Å². The van der Waals surface area contributed by atoms with E-state index in [1.807, 2.05) is 24.3 Å². The lowest BCUT2D eigenvalue weighted by atomic mass is 9.70. The number of hydrogen-bond acceptors (Lipinski definition) is 4. The molecule has 0 amide bonds. The summed E-state index contributed by atoms with van der Waals surface area (Å²) in [5.41, 5.74) is 3.65. The third-order valence-electron chi connectivity index (χ3n) is 6.42. The van der Waals surface area contributed by atoms with E-state index in [9.17, 15) is 0 Å². The Morgan fingerprint density at radius 3 is 1.71 bits per heavy atom. The van der Waals surface area contributed by atoms with Crippen LogP contribution in [-0.2, 0) is 24.4 Å². The van der Waals surface area contributed by atoms with Crippen molar-refractivity contribution in [1.82, 2.24) is 0 Å². The first kappa shape index (κ1) is 26.8. The van der Waals surface area contributed by atoms with Gasteiger partial charge < -0.3 is 18.9 Å². The van der Waals surface area contributed by atoms with Crippen LogP contribution in [0.25, 0.3) is 0 Å². The van der Waals surface area contributed by atoms with Gasteiger partial charge in [0.25, 0.3) is 0 Å². The van der Waals surface area contributed by atoms with E-state index in [1.165, 1.54) is 16.7 Å². The molecule has 186 valence electrons. The van der Waals surface area contributed by atoms with Gasteiger partial charge in [-0.05, 0) is 16.7 Å². The fourth-order valence-electron chi connectivity index (χ4n) is 4.90. The zero-order chi connectivity index (χ0) is 25.0. The Balaban J connectivity index is 0.000000225. The first-order valence-corrected chi connectivity index (χ1v) is 12.0. The van der Waals surface area contributed by atoms with Crippen LogP contribution >= 0.6 is 0 Å². The summed E-state index contributed by atoms with van der Waals surface area (Å²) in [6, 6.07) is 19.2. The van der Waals surface area contributed by atoms with Crippen LogP contribution in [0.5, 0.6) is 0 Å². The minimum absolute atomic E-state index is 0.104. The lowest BCUT2D eigenvalue weighted by Gasteiger charge is -2.37. The molecule has 4 nitrogen and oxygen atoms in total. The summed E-state index contributed by atoms with van der Waals surface area (Å²) in [6.07, 6.45) is 16.8. The molecule has 0 spiro atoms. The predicted molar refractivity (Wildman–Crippen MR) is 143 cm³/mol. The van der Waals surface area contributed by atoms with Gasteiger partial charge in [0.05, 0.1) is 37.3 Å². The first-order chi connectivity index (χ1) is 17.1. The van der Waals surface area contributed by atoms with Gasteiger partial charge in [0.2, 0.25) is 0 Å². The largest absolute Gasteiger partial charge is 0.383 e. The van der Waals surface area contributed by atoms with Crippen molar-refractivity contribution in [3.8, 4) is 0 Å². The Labute approximate surface area is 210 Å². The molecular formula is C31H38O4. The smallest absolute Gasteiger partial charge is 0.0616 e. The molecule has 35 heavy (non-hydrogen) atoms. The summed E-state index contributed by atoms with van der Waals surface area (Å²) in [5, 5.41) is 0. The molecule has 0 saturated carbocycles. The van der Waals surface area contributed by atoms with Crippen LogP contribution in [0.1, 0.15) is 22.6 Å². The van der Waals surface area contributed by atoms with E-state index in [1.54, 1.807) is 28.4 Å². The van der Waals surface area contributed by atoms with Crippen LogP contribution in [0.15, 0.2) is 103 Å². The lowest BCUT2D eigenvalue weighted by molar-refractivity contribution is 0.0677. The number of fused-ring (bicyclic) bond motifs is 1. The summed E-state index contributed by atoms with van der Waals surface area (Å²) in [4.78, 5) is 0. The summed E-state index contributed by atoms with van der Waals surface area (Å²) < 4.78 is 21.4. The van der Waals surface area contributed by atoms with Crippen molar-refractivity contribution in [3.63, 3.8) is 0 Å². The van der Waals surface area contributed by atoms with Gasteiger partial charge in [0.15, 0.2) is 0 Å². The van der Waals surface area contributed by atoms with Crippen LogP contribution < -0.4 is 0 Å². The van der Waals surface area contributed by atoms with Crippen molar-refractivity contribution in [2.24, 2.45) is 5.41 Å². The first-order valence-electron chi connectivity index (χ1n) is 12.0. The Morgan fingerprint density at radius 1 is 0.600 bits per heavy atom. The van der Waals surface area contributed by atoms with Gasteiger partial charge in [-0.3, -0.25) is 0 Å². The second-order valence-electron chi connectivity index (χ2n) is 9.06. The molecule has 2 aliphatic carbocycles. The van der Waals surface area contributed by atoms with Gasteiger partial charge in [0, 0.05) is 34.4 Å². The Morgan fingerprint density at radius 2 is 1.14 bits per heavy atom.